The first-order valence-electron chi connectivity index (χ1n) is 6.86. The van der Waals surface area contributed by atoms with Gasteiger partial charge in [0.2, 0.25) is 5.16 Å². The predicted molar refractivity (Wildman–Crippen MR) is 76.8 cm³/mol. The third kappa shape index (κ3) is 3.10. The summed E-state index contributed by atoms with van der Waals surface area (Å²) in [5, 5.41) is 12.3. The molecule has 1 heterocycles. The molecule has 112 valence electrons. The molecule has 0 spiro atoms. The summed E-state index contributed by atoms with van der Waals surface area (Å²) in [5.41, 5.74) is 6.24. The lowest BCUT2D eigenvalue weighted by molar-refractivity contribution is 0.300. The molecule has 0 aliphatic heterocycles. The number of tetrazole rings is 1. The maximum absolute atomic E-state index is 13.8. The van der Waals surface area contributed by atoms with E-state index in [2.05, 4.69) is 15.5 Å². The molecule has 6 nitrogen and oxygen atoms in total. The van der Waals surface area contributed by atoms with Gasteiger partial charge in [-0.3, -0.25) is 0 Å². The van der Waals surface area contributed by atoms with Crippen LogP contribution >= 0.6 is 11.8 Å². The Labute approximate surface area is 125 Å². The number of nitrogen functional groups attached to an aromatic ring is 1. The van der Waals surface area contributed by atoms with Crippen LogP contribution in [0.2, 0.25) is 0 Å². The summed E-state index contributed by atoms with van der Waals surface area (Å²) in [6, 6.07) is 3.26. The van der Waals surface area contributed by atoms with E-state index in [-0.39, 0.29) is 5.75 Å². The van der Waals surface area contributed by atoms with Crippen molar-refractivity contribution in [3.05, 3.63) is 17.9 Å². The van der Waals surface area contributed by atoms with Gasteiger partial charge in [-0.2, -0.15) is 0 Å². The first-order valence-corrected chi connectivity index (χ1v) is 7.68. The van der Waals surface area contributed by atoms with E-state index in [0.29, 0.717) is 28.4 Å². The molecule has 0 radical (unpaired) electrons. The van der Waals surface area contributed by atoms with E-state index in [1.54, 1.807) is 10.7 Å². The Morgan fingerprint density at radius 3 is 3.00 bits per heavy atom. The topological polar surface area (TPSA) is 78.9 Å². The van der Waals surface area contributed by atoms with Crippen molar-refractivity contribution < 1.29 is 9.13 Å². The first-order chi connectivity index (χ1) is 10.2. The number of hydrogen-bond acceptors (Lipinski definition) is 6. The number of ether oxygens (including phenoxy) is 1. The zero-order chi connectivity index (χ0) is 14.8. The van der Waals surface area contributed by atoms with Gasteiger partial charge in [0, 0.05) is 16.6 Å². The van der Waals surface area contributed by atoms with Crippen molar-refractivity contribution in [2.75, 3.05) is 12.3 Å². The molecule has 0 atom stereocenters. The molecule has 2 N–H and O–H groups in total. The van der Waals surface area contributed by atoms with Crippen molar-refractivity contribution in [2.24, 2.45) is 0 Å². The fourth-order valence-corrected chi connectivity index (χ4v) is 2.76. The van der Waals surface area contributed by atoms with Crippen molar-refractivity contribution in [3.8, 4) is 5.75 Å². The summed E-state index contributed by atoms with van der Waals surface area (Å²) in [4.78, 5) is 0.694. The summed E-state index contributed by atoms with van der Waals surface area (Å²) in [6.07, 6.45) is 2.98. The molecule has 0 bridgehead atoms. The SMILES string of the molecule is CCCOc1cc(Sc2nnnn2C2CC2)c(N)cc1F. The smallest absolute Gasteiger partial charge is 0.214 e. The van der Waals surface area contributed by atoms with Crippen molar-refractivity contribution >= 4 is 17.4 Å². The fourth-order valence-electron chi connectivity index (χ4n) is 1.86. The van der Waals surface area contributed by atoms with Crippen LogP contribution in [0, 0.1) is 5.82 Å². The summed E-state index contributed by atoms with van der Waals surface area (Å²) in [7, 11) is 0. The lowest BCUT2D eigenvalue weighted by Gasteiger charge is -2.10. The Kier molecular flexibility index (Phi) is 3.96. The summed E-state index contributed by atoms with van der Waals surface area (Å²) in [5.74, 6) is -0.244. The molecule has 8 heteroatoms. The van der Waals surface area contributed by atoms with E-state index in [9.17, 15) is 4.39 Å². The molecule has 1 saturated carbocycles. The van der Waals surface area contributed by atoms with Gasteiger partial charge >= 0.3 is 0 Å². The van der Waals surface area contributed by atoms with Crippen LogP contribution in [-0.2, 0) is 0 Å². The molecular weight excluding hydrogens is 293 g/mol. The van der Waals surface area contributed by atoms with Gasteiger partial charge in [-0.15, -0.1) is 5.10 Å². The molecule has 2 aromatic rings. The van der Waals surface area contributed by atoms with Crippen LogP contribution in [0.5, 0.6) is 5.75 Å². The monoisotopic (exact) mass is 309 g/mol. The maximum atomic E-state index is 13.8. The molecule has 0 amide bonds. The standard InChI is InChI=1S/C13H16FN5OS/c1-2-5-20-11-7-12(10(15)6-9(11)14)21-13-16-17-18-19(13)8-3-4-8/h6-8H,2-5,15H2,1H3. The van der Waals surface area contributed by atoms with E-state index in [1.165, 1.54) is 17.8 Å². The minimum atomic E-state index is -0.452. The molecule has 1 fully saturated rings. The van der Waals surface area contributed by atoms with Crippen LogP contribution in [0.1, 0.15) is 32.2 Å². The lowest BCUT2D eigenvalue weighted by Crippen LogP contribution is -2.01. The van der Waals surface area contributed by atoms with Crippen LogP contribution in [-0.4, -0.2) is 26.8 Å². The quantitative estimate of drug-likeness (QED) is 0.826. The Balaban J connectivity index is 1.85. The Morgan fingerprint density at radius 1 is 1.48 bits per heavy atom. The number of rotatable bonds is 6. The van der Waals surface area contributed by atoms with E-state index >= 15 is 0 Å². The minimum Gasteiger partial charge on any atom is -0.490 e. The van der Waals surface area contributed by atoms with Crippen molar-refractivity contribution in [1.82, 2.24) is 20.2 Å². The minimum absolute atomic E-state index is 0.207. The number of aromatic nitrogens is 4. The number of nitrogens with two attached hydrogens (primary N) is 1. The number of halogens is 1. The molecule has 3 rings (SSSR count). The summed E-state index contributed by atoms with van der Waals surface area (Å²) in [6.45, 7) is 2.43. The largest absolute Gasteiger partial charge is 0.490 e. The number of benzene rings is 1. The van der Waals surface area contributed by atoms with Crippen LogP contribution < -0.4 is 10.5 Å². The second kappa shape index (κ2) is 5.88. The van der Waals surface area contributed by atoms with Crippen LogP contribution in [0.25, 0.3) is 0 Å². The van der Waals surface area contributed by atoms with Gasteiger partial charge in [0.1, 0.15) is 0 Å². The van der Waals surface area contributed by atoms with Gasteiger partial charge in [-0.1, -0.05) is 6.92 Å². The number of nitrogens with zero attached hydrogens (tertiary/aromatic N) is 4. The Bertz CT molecular complexity index is 643. The number of hydrogen-bond donors (Lipinski definition) is 1. The highest BCUT2D eigenvalue weighted by molar-refractivity contribution is 7.99. The second-order valence-corrected chi connectivity index (χ2v) is 5.92. The maximum Gasteiger partial charge on any atom is 0.214 e. The molecule has 1 aliphatic carbocycles. The normalized spacial score (nSPS) is 14.4. The van der Waals surface area contributed by atoms with E-state index in [0.717, 1.165) is 19.3 Å². The highest BCUT2D eigenvalue weighted by Gasteiger charge is 2.28. The van der Waals surface area contributed by atoms with Crippen molar-refractivity contribution in [3.63, 3.8) is 0 Å². The van der Waals surface area contributed by atoms with Crippen molar-refractivity contribution in [2.45, 2.75) is 42.3 Å². The van der Waals surface area contributed by atoms with Gasteiger partial charge in [0.25, 0.3) is 0 Å². The Morgan fingerprint density at radius 2 is 2.29 bits per heavy atom. The summed E-state index contributed by atoms with van der Waals surface area (Å²) >= 11 is 1.33. The van der Waals surface area contributed by atoms with E-state index < -0.39 is 5.82 Å². The highest BCUT2D eigenvalue weighted by Crippen LogP contribution is 2.40. The second-order valence-electron chi connectivity index (χ2n) is 4.91. The van der Waals surface area contributed by atoms with Crippen molar-refractivity contribution in [1.29, 1.82) is 0 Å². The molecular formula is C13H16FN5OS. The zero-order valence-electron chi connectivity index (χ0n) is 11.6. The van der Waals surface area contributed by atoms with Gasteiger partial charge in [0.05, 0.1) is 12.6 Å². The van der Waals surface area contributed by atoms with Gasteiger partial charge in [-0.25, -0.2) is 9.07 Å². The lowest BCUT2D eigenvalue weighted by atomic mass is 10.3. The van der Waals surface area contributed by atoms with Gasteiger partial charge in [-0.05, 0) is 47.5 Å². The average Bonchev–Trinajstić information content (AvgIpc) is 3.20. The third-order valence-corrected chi connectivity index (χ3v) is 4.11. The van der Waals surface area contributed by atoms with Crippen LogP contribution in [0.4, 0.5) is 10.1 Å². The van der Waals surface area contributed by atoms with E-state index in [1.807, 2.05) is 6.92 Å². The van der Waals surface area contributed by atoms with Gasteiger partial charge < -0.3 is 10.5 Å². The van der Waals surface area contributed by atoms with Gasteiger partial charge in [0.15, 0.2) is 11.6 Å². The molecule has 0 saturated heterocycles. The predicted octanol–water partition coefficient (Wildman–Crippen LogP) is 2.67. The molecule has 1 aliphatic rings. The van der Waals surface area contributed by atoms with Crippen LogP contribution in [0.3, 0.4) is 0 Å². The summed E-state index contributed by atoms with van der Waals surface area (Å²) < 4.78 is 21.0. The fraction of sp³-hybridized carbons (Fsp3) is 0.462. The Hall–Kier alpha value is -1.83. The molecule has 1 aromatic heterocycles. The third-order valence-electron chi connectivity index (χ3n) is 3.08. The zero-order valence-corrected chi connectivity index (χ0v) is 12.4. The molecule has 0 unspecified atom stereocenters. The highest BCUT2D eigenvalue weighted by atomic mass is 32.2. The number of anilines is 1. The first kappa shape index (κ1) is 14.1. The molecule has 1 aromatic carbocycles. The average molecular weight is 309 g/mol. The van der Waals surface area contributed by atoms with E-state index in [4.69, 9.17) is 10.5 Å². The van der Waals surface area contributed by atoms with Crippen LogP contribution in [0.15, 0.2) is 22.2 Å². The molecule has 21 heavy (non-hydrogen) atoms.